The van der Waals surface area contributed by atoms with Crippen molar-refractivity contribution in [3.8, 4) is 5.88 Å². The number of primary amides is 1. The van der Waals surface area contributed by atoms with Gasteiger partial charge >= 0.3 is 0 Å². The number of carbonyl (C=O) groups excluding carboxylic acids is 1. The maximum Gasteiger partial charge on any atom is 0.267 e. The van der Waals surface area contributed by atoms with Gasteiger partial charge in [0.25, 0.3) is 5.91 Å². The zero-order valence-electron chi connectivity index (χ0n) is 7.91. The fraction of sp³-hybridized carbons (Fsp3) is 0.250. The molecule has 0 aliphatic rings. The van der Waals surface area contributed by atoms with Crippen molar-refractivity contribution in [1.29, 1.82) is 0 Å². The summed E-state index contributed by atoms with van der Waals surface area (Å²) < 4.78 is 6.59. The number of hydrogen-bond donors (Lipinski definition) is 1. The minimum absolute atomic E-state index is 0.112. The lowest BCUT2D eigenvalue weighted by molar-refractivity contribution is 0.0991. The topological polar surface area (TPSA) is 70.1 Å². The number of aryl methyl sites for hydroxylation is 1. The maximum atomic E-state index is 10.9. The Morgan fingerprint density at radius 3 is 2.87 bits per heavy atom. The standard InChI is InChI=1S/C8H9Cl2N3O2/c1-13-5(8(11)14)4-7(12-13)15-3-2-6(9)10/h2,4H,3H2,1H3,(H2,11,14). The highest BCUT2D eigenvalue weighted by Crippen LogP contribution is 2.11. The average Bonchev–Trinajstić information content (AvgIpc) is 2.46. The summed E-state index contributed by atoms with van der Waals surface area (Å²) in [6.07, 6.45) is 1.46. The van der Waals surface area contributed by atoms with Gasteiger partial charge in [0.05, 0.1) is 0 Å². The normalized spacial score (nSPS) is 9.80. The number of aromatic nitrogens is 2. The maximum absolute atomic E-state index is 10.9. The Labute approximate surface area is 96.4 Å². The molecule has 0 bridgehead atoms. The third kappa shape index (κ3) is 3.45. The summed E-state index contributed by atoms with van der Waals surface area (Å²) in [4.78, 5) is 10.9. The minimum atomic E-state index is -0.564. The highest BCUT2D eigenvalue weighted by molar-refractivity contribution is 6.55. The van der Waals surface area contributed by atoms with Crippen LogP contribution in [0.1, 0.15) is 10.5 Å². The van der Waals surface area contributed by atoms with Crippen molar-refractivity contribution in [1.82, 2.24) is 9.78 Å². The molecule has 0 unspecified atom stereocenters. The van der Waals surface area contributed by atoms with E-state index in [0.29, 0.717) is 0 Å². The van der Waals surface area contributed by atoms with Crippen LogP contribution in [0.5, 0.6) is 5.88 Å². The van der Waals surface area contributed by atoms with Crippen LogP contribution >= 0.6 is 23.2 Å². The molecule has 7 heteroatoms. The Bertz CT molecular complexity index is 397. The van der Waals surface area contributed by atoms with Gasteiger partial charge in [-0.25, -0.2) is 0 Å². The van der Waals surface area contributed by atoms with Crippen molar-refractivity contribution in [3.63, 3.8) is 0 Å². The predicted octanol–water partition coefficient (Wildman–Crippen LogP) is 1.22. The van der Waals surface area contributed by atoms with Gasteiger partial charge in [-0.3, -0.25) is 9.48 Å². The first-order valence-electron chi connectivity index (χ1n) is 3.98. The molecule has 1 amide bonds. The SMILES string of the molecule is Cn1nc(OCC=C(Cl)Cl)cc1C(N)=O. The van der Waals surface area contributed by atoms with E-state index in [2.05, 4.69) is 5.10 Å². The molecule has 0 fully saturated rings. The number of hydrogen-bond acceptors (Lipinski definition) is 3. The van der Waals surface area contributed by atoms with Gasteiger partial charge in [-0.1, -0.05) is 23.2 Å². The van der Waals surface area contributed by atoms with E-state index in [4.69, 9.17) is 33.7 Å². The lowest BCUT2D eigenvalue weighted by Crippen LogP contribution is -2.15. The number of nitrogens with two attached hydrogens (primary N) is 1. The number of ether oxygens (including phenoxy) is 1. The smallest absolute Gasteiger partial charge is 0.267 e. The molecule has 0 aliphatic carbocycles. The first-order valence-corrected chi connectivity index (χ1v) is 4.74. The molecule has 15 heavy (non-hydrogen) atoms. The largest absolute Gasteiger partial charge is 0.472 e. The molecule has 0 aromatic carbocycles. The third-order valence-electron chi connectivity index (χ3n) is 1.58. The van der Waals surface area contributed by atoms with Gasteiger partial charge in [-0.15, -0.1) is 5.10 Å². The van der Waals surface area contributed by atoms with E-state index >= 15 is 0 Å². The lowest BCUT2D eigenvalue weighted by Gasteiger charge is -1.96. The van der Waals surface area contributed by atoms with E-state index in [1.165, 1.54) is 16.8 Å². The van der Waals surface area contributed by atoms with Gasteiger partial charge in [-0.05, 0) is 6.08 Å². The van der Waals surface area contributed by atoms with Crippen molar-refractivity contribution < 1.29 is 9.53 Å². The van der Waals surface area contributed by atoms with Gasteiger partial charge in [0.15, 0.2) is 0 Å². The highest BCUT2D eigenvalue weighted by atomic mass is 35.5. The summed E-state index contributed by atoms with van der Waals surface area (Å²) >= 11 is 10.8. The molecule has 0 radical (unpaired) electrons. The van der Waals surface area contributed by atoms with Crippen LogP contribution in [0.4, 0.5) is 0 Å². The second-order valence-corrected chi connectivity index (χ2v) is 3.67. The molecule has 0 saturated carbocycles. The van der Waals surface area contributed by atoms with E-state index < -0.39 is 5.91 Å². The molecule has 82 valence electrons. The Balaban J connectivity index is 2.68. The molecule has 5 nitrogen and oxygen atoms in total. The van der Waals surface area contributed by atoms with Crippen molar-refractivity contribution >= 4 is 29.1 Å². The van der Waals surface area contributed by atoms with E-state index in [9.17, 15) is 4.79 Å². The first kappa shape index (κ1) is 11.9. The minimum Gasteiger partial charge on any atom is -0.472 e. The molecule has 0 atom stereocenters. The molecule has 1 aromatic rings. The van der Waals surface area contributed by atoms with Crippen LogP contribution in [0.15, 0.2) is 16.6 Å². The Hall–Kier alpha value is -1.20. The third-order valence-corrected chi connectivity index (χ3v) is 1.89. The number of nitrogens with zero attached hydrogens (tertiary/aromatic N) is 2. The Kier molecular flexibility index (Phi) is 3.99. The van der Waals surface area contributed by atoms with Gasteiger partial charge < -0.3 is 10.5 Å². The quantitative estimate of drug-likeness (QED) is 0.873. The molecule has 2 N–H and O–H groups in total. The number of carbonyl (C=O) groups is 1. The van der Waals surface area contributed by atoms with Gasteiger partial charge in [0.2, 0.25) is 5.88 Å². The zero-order chi connectivity index (χ0) is 11.4. The number of rotatable bonds is 4. The van der Waals surface area contributed by atoms with E-state index in [1.54, 1.807) is 7.05 Å². The van der Waals surface area contributed by atoms with Gasteiger partial charge in [0.1, 0.15) is 16.8 Å². The molecular weight excluding hydrogens is 241 g/mol. The van der Waals surface area contributed by atoms with Crippen LogP contribution in [0.3, 0.4) is 0 Å². The van der Waals surface area contributed by atoms with Crippen LogP contribution in [0.2, 0.25) is 0 Å². The summed E-state index contributed by atoms with van der Waals surface area (Å²) in [7, 11) is 1.59. The monoisotopic (exact) mass is 249 g/mol. The Morgan fingerprint density at radius 2 is 2.40 bits per heavy atom. The number of amides is 1. The molecule has 1 heterocycles. The molecule has 1 aromatic heterocycles. The summed E-state index contributed by atoms with van der Waals surface area (Å²) in [6, 6.07) is 1.44. The van der Waals surface area contributed by atoms with Crippen LogP contribution in [0.25, 0.3) is 0 Å². The average molecular weight is 250 g/mol. The van der Waals surface area contributed by atoms with Crippen molar-refractivity contribution in [2.24, 2.45) is 12.8 Å². The molecular formula is C8H9Cl2N3O2. The van der Waals surface area contributed by atoms with Crippen molar-refractivity contribution in [2.45, 2.75) is 0 Å². The summed E-state index contributed by atoms with van der Waals surface area (Å²) in [6.45, 7) is 0.178. The van der Waals surface area contributed by atoms with E-state index in [0.717, 1.165) is 0 Å². The fourth-order valence-electron chi connectivity index (χ4n) is 0.932. The van der Waals surface area contributed by atoms with Gasteiger partial charge in [-0.2, -0.15) is 0 Å². The second kappa shape index (κ2) is 5.04. The Morgan fingerprint density at radius 1 is 1.73 bits per heavy atom. The molecule has 0 spiro atoms. The summed E-state index contributed by atoms with van der Waals surface area (Å²) in [5.41, 5.74) is 5.36. The van der Waals surface area contributed by atoms with Crippen molar-refractivity contribution in [2.75, 3.05) is 6.61 Å². The van der Waals surface area contributed by atoms with Crippen LogP contribution < -0.4 is 10.5 Å². The summed E-state index contributed by atoms with van der Waals surface area (Å²) in [5, 5.41) is 3.91. The van der Waals surface area contributed by atoms with E-state index in [1.807, 2.05) is 0 Å². The molecule has 0 aliphatic heterocycles. The molecule has 0 saturated heterocycles. The van der Waals surface area contributed by atoms with Crippen LogP contribution in [-0.4, -0.2) is 22.3 Å². The first-order chi connectivity index (χ1) is 7.00. The van der Waals surface area contributed by atoms with E-state index in [-0.39, 0.29) is 22.7 Å². The molecule has 1 rings (SSSR count). The van der Waals surface area contributed by atoms with Crippen molar-refractivity contribution in [3.05, 3.63) is 22.3 Å². The highest BCUT2D eigenvalue weighted by Gasteiger charge is 2.09. The van der Waals surface area contributed by atoms with Gasteiger partial charge in [0, 0.05) is 13.1 Å². The van der Waals surface area contributed by atoms with Crippen LogP contribution in [0, 0.1) is 0 Å². The fourth-order valence-corrected chi connectivity index (χ4v) is 1.06. The predicted molar refractivity (Wildman–Crippen MR) is 57.0 cm³/mol. The second-order valence-electron chi connectivity index (χ2n) is 2.66. The lowest BCUT2D eigenvalue weighted by atomic mass is 10.4. The van der Waals surface area contributed by atoms with Crippen LogP contribution in [-0.2, 0) is 7.05 Å². The summed E-state index contributed by atoms with van der Waals surface area (Å²) in [5.74, 6) is -0.275. The zero-order valence-corrected chi connectivity index (χ0v) is 9.42. The number of halogens is 2.